The van der Waals surface area contributed by atoms with E-state index in [1.807, 2.05) is 44.6 Å². The van der Waals surface area contributed by atoms with Gasteiger partial charge >= 0.3 is 0 Å². The normalized spacial score (nSPS) is 11.0. The van der Waals surface area contributed by atoms with E-state index in [0.29, 0.717) is 16.7 Å². The number of carbonyl (C=O) groups excluding carboxylic acids is 1. The number of nitrogens with one attached hydrogen (secondary N) is 1. The summed E-state index contributed by atoms with van der Waals surface area (Å²) in [5.41, 5.74) is 4.19. The maximum atomic E-state index is 12.5. The molecule has 0 atom stereocenters. The van der Waals surface area contributed by atoms with E-state index in [1.54, 1.807) is 18.3 Å². The lowest BCUT2D eigenvalue weighted by atomic mass is 10.1. The summed E-state index contributed by atoms with van der Waals surface area (Å²) < 4.78 is 1.93. The fraction of sp³-hybridized carbons (Fsp3) is 0.227. The number of benzene rings is 1. The Bertz CT molecular complexity index is 1300. The maximum absolute atomic E-state index is 12.5. The fourth-order valence-electron chi connectivity index (χ4n) is 3.37. The predicted octanol–water partition coefficient (Wildman–Crippen LogP) is 4.28. The van der Waals surface area contributed by atoms with Gasteiger partial charge in [0.15, 0.2) is 10.3 Å². The molecule has 32 heavy (non-hydrogen) atoms. The molecule has 0 saturated carbocycles. The number of rotatable bonds is 6. The average Bonchev–Trinajstić information content (AvgIpc) is 3.13. The van der Waals surface area contributed by atoms with Gasteiger partial charge in [-0.1, -0.05) is 23.4 Å². The van der Waals surface area contributed by atoms with Crippen LogP contribution in [-0.2, 0) is 4.79 Å². The summed E-state index contributed by atoms with van der Waals surface area (Å²) in [4.78, 5) is 23.3. The van der Waals surface area contributed by atoms with Gasteiger partial charge < -0.3 is 10.2 Å². The van der Waals surface area contributed by atoms with Crippen LogP contribution in [-0.4, -0.2) is 50.5 Å². The van der Waals surface area contributed by atoms with Crippen molar-refractivity contribution in [2.75, 3.05) is 30.1 Å². The van der Waals surface area contributed by atoms with E-state index in [2.05, 4.69) is 37.5 Å². The molecule has 0 aliphatic heterocycles. The first-order chi connectivity index (χ1) is 15.3. The van der Waals surface area contributed by atoms with Gasteiger partial charge in [-0.2, -0.15) is 0 Å². The summed E-state index contributed by atoms with van der Waals surface area (Å²) in [5.74, 6) is 0.646. The number of anilines is 2. The van der Waals surface area contributed by atoms with Crippen molar-refractivity contribution in [2.45, 2.75) is 19.0 Å². The van der Waals surface area contributed by atoms with Crippen LogP contribution in [0.2, 0.25) is 5.15 Å². The number of thioether (sulfide) groups is 1. The van der Waals surface area contributed by atoms with Crippen molar-refractivity contribution in [3.05, 3.63) is 59.3 Å². The van der Waals surface area contributed by atoms with Crippen molar-refractivity contribution in [1.82, 2.24) is 24.7 Å². The standard InChI is InChI=1S/C22H22ClN7OS/c1-13-7-8-15-17(29(3)4)9-10-18(20(15)25-13)30-14(2)27-28-22(30)32-12-19(31)26-16-6-5-11-24-21(16)23/h5-11H,12H2,1-4H3,(H,26,31). The highest BCUT2D eigenvalue weighted by molar-refractivity contribution is 7.99. The van der Waals surface area contributed by atoms with E-state index in [4.69, 9.17) is 16.6 Å². The summed E-state index contributed by atoms with van der Waals surface area (Å²) in [5, 5.41) is 13.2. The summed E-state index contributed by atoms with van der Waals surface area (Å²) in [6, 6.07) is 11.6. The van der Waals surface area contributed by atoms with Crippen LogP contribution < -0.4 is 10.2 Å². The Hall–Kier alpha value is -3.17. The van der Waals surface area contributed by atoms with Gasteiger partial charge in [0.2, 0.25) is 5.91 Å². The van der Waals surface area contributed by atoms with Gasteiger partial charge in [-0.25, -0.2) is 4.98 Å². The average molecular weight is 468 g/mol. The van der Waals surface area contributed by atoms with Crippen molar-refractivity contribution in [3.8, 4) is 5.69 Å². The van der Waals surface area contributed by atoms with Crippen LogP contribution in [0.5, 0.6) is 0 Å². The first kappa shape index (κ1) is 22.0. The van der Waals surface area contributed by atoms with E-state index in [1.165, 1.54) is 11.8 Å². The second-order valence-corrected chi connectivity index (χ2v) is 8.69. The lowest BCUT2D eigenvalue weighted by molar-refractivity contribution is -0.113. The predicted molar refractivity (Wildman–Crippen MR) is 129 cm³/mol. The Labute approximate surface area is 195 Å². The number of aromatic nitrogens is 5. The van der Waals surface area contributed by atoms with E-state index >= 15 is 0 Å². The third-order valence-electron chi connectivity index (χ3n) is 4.84. The Morgan fingerprint density at radius 3 is 2.72 bits per heavy atom. The zero-order valence-electron chi connectivity index (χ0n) is 18.1. The maximum Gasteiger partial charge on any atom is 0.234 e. The van der Waals surface area contributed by atoms with Gasteiger partial charge in [0.25, 0.3) is 0 Å². The molecule has 3 heterocycles. The van der Waals surface area contributed by atoms with Crippen LogP contribution in [0.3, 0.4) is 0 Å². The van der Waals surface area contributed by atoms with Gasteiger partial charge in [-0.15, -0.1) is 10.2 Å². The Kier molecular flexibility index (Phi) is 6.29. The second-order valence-electron chi connectivity index (χ2n) is 7.39. The van der Waals surface area contributed by atoms with Crippen molar-refractivity contribution in [3.63, 3.8) is 0 Å². The number of fused-ring (bicyclic) bond motifs is 1. The quantitative estimate of drug-likeness (QED) is 0.334. The highest BCUT2D eigenvalue weighted by Crippen LogP contribution is 2.32. The molecule has 0 fully saturated rings. The summed E-state index contributed by atoms with van der Waals surface area (Å²) in [6.45, 7) is 3.85. The number of carbonyl (C=O) groups is 1. The van der Waals surface area contributed by atoms with Gasteiger partial charge in [0, 0.05) is 37.1 Å². The number of halogens is 1. The molecule has 0 aliphatic carbocycles. The molecule has 10 heteroatoms. The van der Waals surface area contributed by atoms with Gasteiger partial charge in [-0.05, 0) is 50.2 Å². The molecule has 8 nitrogen and oxygen atoms in total. The van der Waals surface area contributed by atoms with Gasteiger partial charge in [0.05, 0.1) is 22.6 Å². The molecule has 0 saturated heterocycles. The third kappa shape index (κ3) is 4.39. The van der Waals surface area contributed by atoms with Crippen LogP contribution in [0.1, 0.15) is 11.5 Å². The summed E-state index contributed by atoms with van der Waals surface area (Å²) in [7, 11) is 4.01. The minimum atomic E-state index is -0.209. The lowest BCUT2D eigenvalue weighted by Crippen LogP contribution is -2.15. The largest absolute Gasteiger partial charge is 0.377 e. The molecule has 1 amide bonds. The van der Waals surface area contributed by atoms with Crippen molar-refractivity contribution in [2.24, 2.45) is 0 Å². The molecule has 0 spiro atoms. The summed E-state index contributed by atoms with van der Waals surface area (Å²) >= 11 is 7.32. The molecule has 0 unspecified atom stereocenters. The monoisotopic (exact) mass is 467 g/mol. The number of hydrogen-bond donors (Lipinski definition) is 1. The Balaban J connectivity index is 1.66. The third-order valence-corrected chi connectivity index (χ3v) is 6.07. The van der Waals surface area contributed by atoms with E-state index < -0.39 is 0 Å². The van der Waals surface area contributed by atoms with E-state index in [-0.39, 0.29) is 16.8 Å². The molecular weight excluding hydrogens is 446 g/mol. The van der Waals surface area contributed by atoms with Gasteiger partial charge in [-0.3, -0.25) is 14.3 Å². The molecule has 0 aliphatic rings. The molecule has 4 rings (SSSR count). The fourth-order valence-corrected chi connectivity index (χ4v) is 4.32. The number of amides is 1. The highest BCUT2D eigenvalue weighted by Gasteiger charge is 2.18. The van der Waals surface area contributed by atoms with Crippen LogP contribution in [0.25, 0.3) is 16.6 Å². The summed E-state index contributed by atoms with van der Waals surface area (Å²) in [6.07, 6.45) is 1.57. The minimum absolute atomic E-state index is 0.142. The molecule has 3 aromatic heterocycles. The second kappa shape index (κ2) is 9.13. The number of hydrogen-bond acceptors (Lipinski definition) is 7. The van der Waals surface area contributed by atoms with Crippen molar-refractivity contribution in [1.29, 1.82) is 0 Å². The molecule has 1 aromatic carbocycles. The minimum Gasteiger partial charge on any atom is -0.377 e. The molecule has 0 bridgehead atoms. The molecule has 1 N–H and O–H groups in total. The molecule has 4 aromatic rings. The SMILES string of the molecule is Cc1ccc2c(N(C)C)ccc(-n3c(C)nnc3SCC(=O)Nc3cccnc3Cl)c2n1. The number of aryl methyl sites for hydroxylation is 2. The zero-order valence-corrected chi connectivity index (χ0v) is 19.7. The Morgan fingerprint density at radius 2 is 1.97 bits per heavy atom. The molecule has 0 radical (unpaired) electrons. The van der Waals surface area contributed by atoms with Crippen molar-refractivity contribution < 1.29 is 4.79 Å². The van der Waals surface area contributed by atoms with Crippen LogP contribution in [0.15, 0.2) is 47.8 Å². The first-order valence-electron chi connectivity index (χ1n) is 9.88. The molecular formula is C22H22ClN7OS. The van der Waals surface area contributed by atoms with Crippen LogP contribution >= 0.6 is 23.4 Å². The number of pyridine rings is 2. The smallest absolute Gasteiger partial charge is 0.234 e. The zero-order chi connectivity index (χ0) is 22.8. The van der Waals surface area contributed by atoms with E-state index in [9.17, 15) is 4.79 Å². The van der Waals surface area contributed by atoms with Crippen LogP contribution in [0, 0.1) is 13.8 Å². The highest BCUT2D eigenvalue weighted by atomic mass is 35.5. The topological polar surface area (TPSA) is 88.8 Å². The first-order valence-corrected chi connectivity index (χ1v) is 11.2. The van der Waals surface area contributed by atoms with Crippen LogP contribution in [0.4, 0.5) is 11.4 Å². The van der Waals surface area contributed by atoms with E-state index in [0.717, 1.165) is 28.0 Å². The van der Waals surface area contributed by atoms with Gasteiger partial charge in [0.1, 0.15) is 5.82 Å². The van der Waals surface area contributed by atoms with Crippen molar-refractivity contribution >= 4 is 51.5 Å². The lowest BCUT2D eigenvalue weighted by Gasteiger charge is -2.18. The number of nitrogens with zero attached hydrogens (tertiary/aromatic N) is 6. The molecule has 164 valence electrons. The Morgan fingerprint density at radius 1 is 1.16 bits per heavy atom.